The standard InChI is InChI=1S/C11H13NO2S2/c1-12-11(13)14-9-4-2-3-8(7-9)10-15-5-6-16-10/h2-4,7,10H,5-6H2,1H3,(H,12,13). The molecule has 0 unspecified atom stereocenters. The summed E-state index contributed by atoms with van der Waals surface area (Å²) in [5.41, 5.74) is 1.22. The number of carbonyl (C=O) groups excluding carboxylic acids is 1. The third kappa shape index (κ3) is 2.86. The molecule has 1 aromatic rings. The number of nitrogens with one attached hydrogen (secondary N) is 1. The van der Waals surface area contributed by atoms with Crippen LogP contribution in [0.1, 0.15) is 10.1 Å². The summed E-state index contributed by atoms with van der Waals surface area (Å²) in [6.45, 7) is 0. The lowest BCUT2D eigenvalue weighted by Crippen LogP contribution is -2.22. The molecule has 1 aliphatic rings. The van der Waals surface area contributed by atoms with Gasteiger partial charge in [-0.3, -0.25) is 0 Å². The summed E-state index contributed by atoms with van der Waals surface area (Å²) in [5.74, 6) is 2.98. The summed E-state index contributed by atoms with van der Waals surface area (Å²) < 4.78 is 5.58. The minimum absolute atomic E-state index is 0.427. The summed E-state index contributed by atoms with van der Waals surface area (Å²) >= 11 is 3.87. The predicted octanol–water partition coefficient (Wildman–Crippen LogP) is 2.88. The van der Waals surface area contributed by atoms with Crippen molar-refractivity contribution < 1.29 is 9.53 Å². The first-order chi connectivity index (χ1) is 7.79. The van der Waals surface area contributed by atoms with E-state index in [1.165, 1.54) is 17.1 Å². The Bertz CT molecular complexity index is 378. The van der Waals surface area contributed by atoms with E-state index >= 15 is 0 Å². The molecule has 0 aliphatic carbocycles. The Morgan fingerprint density at radius 2 is 2.19 bits per heavy atom. The fraction of sp³-hybridized carbons (Fsp3) is 0.364. The Labute approximate surface area is 103 Å². The third-order valence-corrected chi connectivity index (χ3v) is 5.27. The van der Waals surface area contributed by atoms with Crippen molar-refractivity contribution in [3.63, 3.8) is 0 Å². The molecule has 0 bridgehead atoms. The van der Waals surface area contributed by atoms with Crippen molar-refractivity contribution in [3.8, 4) is 5.75 Å². The zero-order chi connectivity index (χ0) is 11.4. The molecule has 0 saturated carbocycles. The molecule has 1 fully saturated rings. The van der Waals surface area contributed by atoms with Gasteiger partial charge in [-0.25, -0.2) is 4.79 Å². The lowest BCUT2D eigenvalue weighted by atomic mass is 10.2. The summed E-state index contributed by atoms with van der Waals surface area (Å²) in [7, 11) is 1.55. The molecule has 0 radical (unpaired) electrons. The quantitative estimate of drug-likeness (QED) is 0.882. The van der Waals surface area contributed by atoms with Crippen molar-refractivity contribution in [3.05, 3.63) is 29.8 Å². The van der Waals surface area contributed by atoms with E-state index in [1.807, 2.05) is 35.7 Å². The van der Waals surface area contributed by atoms with E-state index in [1.54, 1.807) is 13.1 Å². The van der Waals surface area contributed by atoms with Crippen LogP contribution in [0.2, 0.25) is 0 Å². The molecule has 16 heavy (non-hydrogen) atoms. The van der Waals surface area contributed by atoms with E-state index in [9.17, 15) is 4.79 Å². The zero-order valence-corrected chi connectivity index (χ0v) is 10.6. The molecule has 1 heterocycles. The molecule has 1 saturated heterocycles. The summed E-state index contributed by atoms with van der Waals surface area (Å²) in [5, 5.41) is 2.43. The molecule has 0 atom stereocenters. The average molecular weight is 255 g/mol. The summed E-state index contributed by atoms with van der Waals surface area (Å²) in [4.78, 5) is 11.1. The van der Waals surface area contributed by atoms with E-state index < -0.39 is 6.09 Å². The number of hydrogen-bond donors (Lipinski definition) is 1. The van der Waals surface area contributed by atoms with Gasteiger partial charge in [0.05, 0.1) is 4.58 Å². The first kappa shape index (κ1) is 11.7. The number of benzene rings is 1. The largest absolute Gasteiger partial charge is 0.412 e. The zero-order valence-electron chi connectivity index (χ0n) is 8.93. The Kier molecular flexibility index (Phi) is 4.01. The van der Waals surface area contributed by atoms with Gasteiger partial charge in [-0.1, -0.05) is 12.1 Å². The van der Waals surface area contributed by atoms with Crippen LogP contribution in [0.5, 0.6) is 5.75 Å². The summed E-state index contributed by atoms with van der Waals surface area (Å²) in [6, 6.07) is 7.73. The number of hydrogen-bond acceptors (Lipinski definition) is 4. The van der Waals surface area contributed by atoms with Crippen LogP contribution in [0.4, 0.5) is 4.79 Å². The van der Waals surface area contributed by atoms with Crippen molar-refractivity contribution in [1.29, 1.82) is 0 Å². The Hall–Kier alpha value is -0.810. The lowest BCUT2D eigenvalue weighted by Gasteiger charge is -2.10. The monoisotopic (exact) mass is 255 g/mol. The fourth-order valence-electron chi connectivity index (χ4n) is 1.43. The summed E-state index contributed by atoms with van der Waals surface area (Å²) in [6.07, 6.45) is -0.427. The molecular weight excluding hydrogens is 242 g/mol. The molecular formula is C11H13NO2S2. The van der Waals surface area contributed by atoms with E-state index in [2.05, 4.69) is 11.4 Å². The lowest BCUT2D eigenvalue weighted by molar-refractivity contribution is 0.203. The highest BCUT2D eigenvalue weighted by Gasteiger charge is 2.18. The van der Waals surface area contributed by atoms with Gasteiger partial charge in [-0.15, -0.1) is 23.5 Å². The van der Waals surface area contributed by atoms with Gasteiger partial charge < -0.3 is 10.1 Å². The Morgan fingerprint density at radius 3 is 2.88 bits per heavy atom. The molecule has 5 heteroatoms. The molecule has 1 N–H and O–H groups in total. The molecule has 86 valence electrons. The van der Waals surface area contributed by atoms with E-state index in [0.29, 0.717) is 10.3 Å². The molecule has 1 amide bonds. The maximum absolute atomic E-state index is 11.1. The number of ether oxygens (including phenoxy) is 1. The van der Waals surface area contributed by atoms with Crippen LogP contribution < -0.4 is 10.1 Å². The number of carbonyl (C=O) groups is 1. The van der Waals surface area contributed by atoms with Crippen LogP contribution in [0.15, 0.2) is 24.3 Å². The van der Waals surface area contributed by atoms with Crippen molar-refractivity contribution >= 4 is 29.6 Å². The van der Waals surface area contributed by atoms with Gasteiger partial charge in [0, 0.05) is 18.6 Å². The van der Waals surface area contributed by atoms with Gasteiger partial charge in [0.25, 0.3) is 0 Å². The highest BCUT2D eigenvalue weighted by molar-refractivity contribution is 8.19. The van der Waals surface area contributed by atoms with Crippen LogP contribution in [0, 0.1) is 0 Å². The second kappa shape index (κ2) is 5.50. The molecule has 1 aliphatic heterocycles. The highest BCUT2D eigenvalue weighted by Crippen LogP contribution is 2.45. The van der Waals surface area contributed by atoms with E-state index in [-0.39, 0.29) is 0 Å². The van der Waals surface area contributed by atoms with Gasteiger partial charge >= 0.3 is 6.09 Å². The maximum Gasteiger partial charge on any atom is 0.412 e. The molecule has 0 spiro atoms. The van der Waals surface area contributed by atoms with Gasteiger partial charge in [0.1, 0.15) is 5.75 Å². The van der Waals surface area contributed by atoms with Crippen molar-refractivity contribution in [2.45, 2.75) is 4.58 Å². The molecule has 3 nitrogen and oxygen atoms in total. The minimum Gasteiger partial charge on any atom is -0.410 e. The SMILES string of the molecule is CNC(=O)Oc1cccc(C2SCCS2)c1. The minimum atomic E-state index is -0.427. The third-order valence-electron chi connectivity index (χ3n) is 2.17. The molecule has 1 aromatic carbocycles. The van der Waals surface area contributed by atoms with Crippen LogP contribution >= 0.6 is 23.5 Å². The fourth-order valence-corrected chi connectivity index (χ4v) is 4.27. The maximum atomic E-state index is 11.1. The van der Waals surface area contributed by atoms with Crippen molar-refractivity contribution in [2.75, 3.05) is 18.6 Å². The highest BCUT2D eigenvalue weighted by atomic mass is 32.2. The van der Waals surface area contributed by atoms with Gasteiger partial charge in [0.15, 0.2) is 0 Å². The Morgan fingerprint density at radius 1 is 1.44 bits per heavy atom. The van der Waals surface area contributed by atoms with E-state index in [4.69, 9.17) is 4.74 Å². The first-order valence-corrected chi connectivity index (χ1v) is 7.12. The number of amides is 1. The van der Waals surface area contributed by atoms with Crippen LogP contribution in [0.3, 0.4) is 0 Å². The van der Waals surface area contributed by atoms with Crippen molar-refractivity contribution in [1.82, 2.24) is 5.32 Å². The number of rotatable bonds is 2. The topological polar surface area (TPSA) is 38.3 Å². The van der Waals surface area contributed by atoms with Gasteiger partial charge in [-0.05, 0) is 17.7 Å². The first-order valence-electron chi connectivity index (χ1n) is 5.02. The smallest absolute Gasteiger partial charge is 0.410 e. The molecule has 0 aromatic heterocycles. The van der Waals surface area contributed by atoms with Crippen LogP contribution in [-0.2, 0) is 0 Å². The van der Waals surface area contributed by atoms with Gasteiger partial charge in [0.2, 0.25) is 0 Å². The normalized spacial score (nSPS) is 16.1. The van der Waals surface area contributed by atoms with E-state index in [0.717, 1.165) is 0 Å². The second-order valence-corrected chi connectivity index (χ2v) is 6.01. The van der Waals surface area contributed by atoms with Crippen LogP contribution in [0.25, 0.3) is 0 Å². The predicted molar refractivity (Wildman–Crippen MR) is 69.2 cm³/mol. The van der Waals surface area contributed by atoms with Crippen LogP contribution in [-0.4, -0.2) is 24.6 Å². The van der Waals surface area contributed by atoms with Crippen molar-refractivity contribution in [2.24, 2.45) is 0 Å². The molecule has 2 rings (SSSR count). The average Bonchev–Trinajstić information content (AvgIpc) is 2.83. The van der Waals surface area contributed by atoms with Gasteiger partial charge in [-0.2, -0.15) is 0 Å². The Balaban J connectivity index is 2.09. The number of thioether (sulfide) groups is 2. The second-order valence-electron chi connectivity index (χ2n) is 3.29.